The van der Waals surface area contributed by atoms with Crippen molar-refractivity contribution < 1.29 is 23.1 Å². The van der Waals surface area contributed by atoms with Gasteiger partial charge < -0.3 is 13.8 Å². The van der Waals surface area contributed by atoms with E-state index in [-0.39, 0.29) is 6.16 Å². The van der Waals surface area contributed by atoms with Crippen molar-refractivity contribution in [2.24, 2.45) is 0 Å². The fraction of sp³-hybridized carbons (Fsp3) is 0.500. The SMILES string of the molecule is CCOP(=O)(C/C=C1\C=C(Br)C(=O)O1)OCC. The molecular weight excluding hydrogens is 311 g/mol. The molecule has 0 spiro atoms. The fourth-order valence-corrected chi connectivity index (χ4v) is 2.99. The van der Waals surface area contributed by atoms with E-state index in [0.717, 1.165) is 0 Å². The third kappa shape index (κ3) is 4.39. The highest BCUT2D eigenvalue weighted by Gasteiger charge is 2.24. The van der Waals surface area contributed by atoms with Gasteiger partial charge in [0, 0.05) is 6.08 Å². The molecule has 0 saturated carbocycles. The molecule has 1 rings (SSSR count). The van der Waals surface area contributed by atoms with Crippen molar-refractivity contribution in [2.45, 2.75) is 13.8 Å². The monoisotopic (exact) mass is 324 g/mol. The number of halogens is 1. The Balaban J connectivity index is 2.67. The molecule has 0 bridgehead atoms. The first-order chi connectivity index (χ1) is 8.00. The normalized spacial score (nSPS) is 18.4. The molecule has 0 aromatic carbocycles. The zero-order valence-corrected chi connectivity index (χ0v) is 12.1. The third-order valence-electron chi connectivity index (χ3n) is 1.84. The third-order valence-corrected chi connectivity index (χ3v) is 4.33. The van der Waals surface area contributed by atoms with Gasteiger partial charge in [-0.25, -0.2) is 4.79 Å². The van der Waals surface area contributed by atoms with Gasteiger partial charge in [0.2, 0.25) is 0 Å². The minimum Gasteiger partial charge on any atom is -0.423 e. The first-order valence-corrected chi connectivity index (χ1v) is 7.70. The number of hydrogen-bond acceptors (Lipinski definition) is 5. The molecule has 0 atom stereocenters. The molecule has 0 saturated heterocycles. The van der Waals surface area contributed by atoms with Crippen molar-refractivity contribution in [3.05, 3.63) is 22.4 Å². The van der Waals surface area contributed by atoms with E-state index in [1.165, 1.54) is 12.2 Å². The molecule has 0 unspecified atom stereocenters. The van der Waals surface area contributed by atoms with Crippen LogP contribution in [0, 0.1) is 0 Å². The molecule has 0 aliphatic carbocycles. The molecule has 0 aromatic heterocycles. The lowest BCUT2D eigenvalue weighted by molar-refractivity contribution is -0.132. The Hall–Kier alpha value is -0.420. The molecule has 7 heteroatoms. The van der Waals surface area contributed by atoms with Gasteiger partial charge in [0.25, 0.3) is 0 Å². The average Bonchev–Trinajstić information content (AvgIpc) is 2.57. The number of ether oxygens (including phenoxy) is 1. The van der Waals surface area contributed by atoms with Gasteiger partial charge in [-0.15, -0.1) is 0 Å². The lowest BCUT2D eigenvalue weighted by atomic mass is 10.4. The summed E-state index contributed by atoms with van der Waals surface area (Å²) in [5.41, 5.74) is 0. The second kappa shape index (κ2) is 6.50. The van der Waals surface area contributed by atoms with Crippen LogP contribution in [0.3, 0.4) is 0 Å². The number of hydrogen-bond donors (Lipinski definition) is 0. The van der Waals surface area contributed by atoms with E-state index in [1.54, 1.807) is 13.8 Å². The number of rotatable bonds is 6. The zero-order valence-electron chi connectivity index (χ0n) is 9.64. The molecule has 17 heavy (non-hydrogen) atoms. The summed E-state index contributed by atoms with van der Waals surface area (Å²) >= 11 is 3.04. The Bertz CT molecular complexity index is 392. The van der Waals surface area contributed by atoms with Gasteiger partial charge in [-0.05, 0) is 35.9 Å². The molecule has 1 aliphatic heterocycles. The van der Waals surface area contributed by atoms with Crippen LogP contribution in [-0.4, -0.2) is 25.3 Å². The van der Waals surface area contributed by atoms with Crippen molar-refractivity contribution in [3.63, 3.8) is 0 Å². The van der Waals surface area contributed by atoms with E-state index in [4.69, 9.17) is 13.8 Å². The van der Waals surface area contributed by atoms with Crippen LogP contribution in [0.4, 0.5) is 0 Å². The van der Waals surface area contributed by atoms with Gasteiger partial charge in [0.15, 0.2) is 0 Å². The van der Waals surface area contributed by atoms with Crippen molar-refractivity contribution in [3.8, 4) is 0 Å². The molecular formula is C10H14BrO5P. The maximum Gasteiger partial charge on any atom is 0.350 e. The highest BCUT2D eigenvalue weighted by Crippen LogP contribution is 2.48. The zero-order chi connectivity index (χ0) is 12.9. The first-order valence-electron chi connectivity index (χ1n) is 5.18. The highest BCUT2D eigenvalue weighted by atomic mass is 79.9. The number of esters is 1. The first kappa shape index (κ1) is 14.6. The van der Waals surface area contributed by atoms with Crippen LogP contribution in [0.15, 0.2) is 22.4 Å². The van der Waals surface area contributed by atoms with Gasteiger partial charge in [0.05, 0.1) is 19.4 Å². The molecule has 0 radical (unpaired) electrons. The van der Waals surface area contributed by atoms with Gasteiger partial charge in [-0.2, -0.15) is 0 Å². The Labute approximate surface area is 108 Å². The summed E-state index contributed by atoms with van der Waals surface area (Å²) in [5, 5.41) is 0. The molecule has 0 fully saturated rings. The molecule has 1 heterocycles. The minimum atomic E-state index is -3.12. The van der Waals surface area contributed by atoms with E-state index < -0.39 is 13.6 Å². The standard InChI is InChI=1S/C10H14BrO5P/c1-3-14-17(13,15-4-2)6-5-8-7-9(11)10(12)16-8/h5,7H,3-4,6H2,1-2H3/b8-5+. The molecule has 5 nitrogen and oxygen atoms in total. The summed E-state index contributed by atoms with van der Waals surface area (Å²) in [7, 11) is -3.12. The van der Waals surface area contributed by atoms with Crippen LogP contribution in [0.2, 0.25) is 0 Å². The van der Waals surface area contributed by atoms with Crippen LogP contribution >= 0.6 is 23.5 Å². The topological polar surface area (TPSA) is 61.8 Å². The van der Waals surface area contributed by atoms with Crippen molar-refractivity contribution in [2.75, 3.05) is 19.4 Å². The van der Waals surface area contributed by atoms with Crippen LogP contribution in [0.5, 0.6) is 0 Å². The van der Waals surface area contributed by atoms with E-state index in [0.29, 0.717) is 23.5 Å². The quantitative estimate of drug-likeness (QED) is 0.555. The van der Waals surface area contributed by atoms with Crippen LogP contribution in [-0.2, 0) is 23.1 Å². The summed E-state index contributed by atoms with van der Waals surface area (Å²) in [6.45, 7) is 4.09. The van der Waals surface area contributed by atoms with E-state index in [9.17, 15) is 9.36 Å². The Morgan fingerprint density at radius 1 is 1.41 bits per heavy atom. The Morgan fingerprint density at radius 3 is 2.41 bits per heavy atom. The van der Waals surface area contributed by atoms with Crippen molar-refractivity contribution >= 4 is 29.5 Å². The summed E-state index contributed by atoms with van der Waals surface area (Å²) in [4.78, 5) is 11.1. The summed E-state index contributed by atoms with van der Waals surface area (Å²) in [6.07, 6.45) is 3.12. The average molecular weight is 325 g/mol. The Kier molecular flexibility index (Phi) is 5.59. The number of carbonyl (C=O) groups excluding carboxylic acids is 1. The smallest absolute Gasteiger partial charge is 0.350 e. The van der Waals surface area contributed by atoms with Gasteiger partial charge in [-0.1, -0.05) is 0 Å². The van der Waals surface area contributed by atoms with Gasteiger partial charge >= 0.3 is 13.6 Å². The predicted octanol–water partition coefficient (Wildman–Crippen LogP) is 2.97. The fourth-order valence-electron chi connectivity index (χ4n) is 1.21. The number of allylic oxidation sites excluding steroid dienone is 2. The van der Waals surface area contributed by atoms with Crippen LogP contribution < -0.4 is 0 Å². The molecule has 0 N–H and O–H groups in total. The lowest BCUT2D eigenvalue weighted by Gasteiger charge is -2.14. The van der Waals surface area contributed by atoms with Crippen molar-refractivity contribution in [1.82, 2.24) is 0 Å². The number of carbonyl (C=O) groups is 1. The summed E-state index contributed by atoms with van der Waals surface area (Å²) in [6, 6.07) is 0. The molecule has 0 aromatic rings. The molecule has 0 amide bonds. The van der Waals surface area contributed by atoms with Gasteiger partial charge in [-0.3, -0.25) is 4.57 Å². The second-order valence-electron chi connectivity index (χ2n) is 3.12. The van der Waals surface area contributed by atoms with Crippen molar-refractivity contribution in [1.29, 1.82) is 0 Å². The number of cyclic esters (lactones) is 1. The van der Waals surface area contributed by atoms with Gasteiger partial charge in [0.1, 0.15) is 10.2 Å². The highest BCUT2D eigenvalue weighted by molar-refractivity contribution is 9.12. The maximum absolute atomic E-state index is 12.1. The second-order valence-corrected chi connectivity index (χ2v) is 6.08. The largest absolute Gasteiger partial charge is 0.423 e. The summed E-state index contributed by atoms with van der Waals surface area (Å²) < 4.78 is 27.5. The predicted molar refractivity (Wildman–Crippen MR) is 66.9 cm³/mol. The Morgan fingerprint density at radius 2 is 2.00 bits per heavy atom. The minimum absolute atomic E-state index is 0.0775. The van der Waals surface area contributed by atoms with E-state index in [1.807, 2.05) is 0 Å². The maximum atomic E-state index is 12.1. The van der Waals surface area contributed by atoms with Crippen LogP contribution in [0.1, 0.15) is 13.8 Å². The van der Waals surface area contributed by atoms with E-state index >= 15 is 0 Å². The molecule has 1 aliphatic rings. The van der Waals surface area contributed by atoms with Crippen LogP contribution in [0.25, 0.3) is 0 Å². The molecule has 96 valence electrons. The van der Waals surface area contributed by atoms with E-state index in [2.05, 4.69) is 15.9 Å². The lowest BCUT2D eigenvalue weighted by Crippen LogP contribution is -2.00. The summed E-state index contributed by atoms with van der Waals surface area (Å²) in [5.74, 6) is -0.111.